The van der Waals surface area contributed by atoms with Crippen molar-refractivity contribution in [2.75, 3.05) is 53.9 Å². The van der Waals surface area contributed by atoms with Crippen LogP contribution in [0.1, 0.15) is 29.5 Å². The van der Waals surface area contributed by atoms with Crippen LogP contribution in [0.15, 0.2) is 48.5 Å². The molecular weight excluding hydrogens is 432 g/mol. The lowest BCUT2D eigenvalue weighted by Crippen LogP contribution is -2.58. The molecule has 1 fully saturated rings. The Morgan fingerprint density at radius 1 is 1.09 bits per heavy atom. The van der Waals surface area contributed by atoms with Crippen LogP contribution in [0, 0.1) is 0 Å². The summed E-state index contributed by atoms with van der Waals surface area (Å²) in [6.07, 6.45) is 3.75. The fourth-order valence-electron chi connectivity index (χ4n) is 5.43. The lowest BCUT2D eigenvalue weighted by molar-refractivity contribution is -0.136. The molecule has 1 N–H and O–H groups in total. The van der Waals surface area contributed by atoms with Crippen LogP contribution >= 0.6 is 11.6 Å². The third-order valence-electron chi connectivity index (χ3n) is 7.47. The summed E-state index contributed by atoms with van der Waals surface area (Å²) in [6, 6.07) is 16.5. The van der Waals surface area contributed by atoms with Crippen LogP contribution in [0.25, 0.3) is 0 Å². The maximum absolute atomic E-state index is 13.7. The molecule has 5 nitrogen and oxygen atoms in total. The van der Waals surface area contributed by atoms with E-state index in [1.165, 1.54) is 11.1 Å². The van der Waals surface area contributed by atoms with Crippen molar-refractivity contribution < 1.29 is 4.79 Å². The third-order valence-corrected chi connectivity index (χ3v) is 7.72. The molecule has 0 unspecified atom stereocenters. The standard InChI is InChI=1S/C27H37ClN4O/c1-30(2)19-15-29-25(20-21-8-10-23(28)11-9-21)26(33)32-17-13-27(14-18-32)24-7-5-4-6-22(24)12-16-31(27)3/h4-11,25,29H,12-20H2,1-3H3/t25-/m1/s1. The SMILES string of the molecule is CN(C)CCN[C@H](Cc1ccc(Cl)cc1)C(=O)N1CCC2(CC1)c1ccccc1CCN2C. The molecule has 1 amide bonds. The number of hydrogen-bond acceptors (Lipinski definition) is 4. The van der Waals surface area contributed by atoms with E-state index in [1.807, 2.05) is 24.3 Å². The smallest absolute Gasteiger partial charge is 0.240 e. The second-order valence-corrected chi connectivity index (χ2v) is 10.3. The summed E-state index contributed by atoms with van der Waals surface area (Å²) in [5.41, 5.74) is 4.12. The molecule has 178 valence electrons. The van der Waals surface area contributed by atoms with Crippen molar-refractivity contribution >= 4 is 17.5 Å². The van der Waals surface area contributed by atoms with Crippen LogP contribution in [0.3, 0.4) is 0 Å². The molecule has 2 aromatic rings. The number of rotatable bonds is 7. The number of halogens is 1. The number of likely N-dealkylation sites (tertiary alicyclic amines) is 1. The fourth-order valence-corrected chi connectivity index (χ4v) is 5.56. The van der Waals surface area contributed by atoms with E-state index < -0.39 is 0 Å². The summed E-state index contributed by atoms with van der Waals surface area (Å²) < 4.78 is 0. The van der Waals surface area contributed by atoms with Crippen molar-refractivity contribution in [1.29, 1.82) is 0 Å². The van der Waals surface area contributed by atoms with Gasteiger partial charge < -0.3 is 15.1 Å². The Labute approximate surface area is 203 Å². The predicted octanol–water partition coefficient (Wildman–Crippen LogP) is 3.41. The quantitative estimate of drug-likeness (QED) is 0.676. The Balaban J connectivity index is 1.46. The van der Waals surface area contributed by atoms with Crippen LogP contribution in [0.4, 0.5) is 0 Å². The second kappa shape index (κ2) is 10.6. The van der Waals surface area contributed by atoms with Crippen LogP contribution in [-0.4, -0.2) is 80.5 Å². The molecular formula is C27H37ClN4O. The van der Waals surface area contributed by atoms with E-state index in [0.717, 1.165) is 62.6 Å². The topological polar surface area (TPSA) is 38.8 Å². The van der Waals surface area contributed by atoms with Gasteiger partial charge in [-0.2, -0.15) is 0 Å². The average molecular weight is 469 g/mol. The number of hydrogen-bond donors (Lipinski definition) is 1. The monoisotopic (exact) mass is 468 g/mol. The van der Waals surface area contributed by atoms with E-state index in [-0.39, 0.29) is 17.5 Å². The highest BCUT2D eigenvalue weighted by atomic mass is 35.5. The molecule has 1 saturated heterocycles. The van der Waals surface area contributed by atoms with E-state index >= 15 is 0 Å². The number of amides is 1. The van der Waals surface area contributed by atoms with Crippen molar-refractivity contribution in [1.82, 2.24) is 20.0 Å². The van der Waals surface area contributed by atoms with Crippen LogP contribution in [-0.2, 0) is 23.2 Å². The van der Waals surface area contributed by atoms with Gasteiger partial charge in [0.2, 0.25) is 5.91 Å². The number of carbonyl (C=O) groups is 1. The predicted molar refractivity (Wildman–Crippen MR) is 136 cm³/mol. The van der Waals surface area contributed by atoms with Crippen molar-refractivity contribution in [3.63, 3.8) is 0 Å². The number of piperidine rings is 1. The van der Waals surface area contributed by atoms with E-state index in [9.17, 15) is 4.79 Å². The first-order valence-corrected chi connectivity index (χ1v) is 12.5. The van der Waals surface area contributed by atoms with E-state index in [2.05, 4.69) is 65.4 Å². The summed E-state index contributed by atoms with van der Waals surface area (Å²) in [4.78, 5) is 20.4. The van der Waals surface area contributed by atoms with E-state index in [1.54, 1.807) is 0 Å². The second-order valence-electron chi connectivity index (χ2n) is 9.83. The molecule has 1 atom stereocenters. The third kappa shape index (κ3) is 5.43. The molecule has 2 aromatic carbocycles. The van der Waals surface area contributed by atoms with Gasteiger partial charge >= 0.3 is 0 Å². The minimum absolute atomic E-state index is 0.0512. The zero-order chi connectivity index (χ0) is 23.4. The van der Waals surface area contributed by atoms with Crippen molar-refractivity contribution in [2.45, 2.75) is 37.3 Å². The highest BCUT2D eigenvalue weighted by Crippen LogP contribution is 2.42. The molecule has 6 heteroatoms. The van der Waals surface area contributed by atoms with Crippen LogP contribution in [0.5, 0.6) is 0 Å². The van der Waals surface area contributed by atoms with E-state index in [0.29, 0.717) is 6.42 Å². The zero-order valence-electron chi connectivity index (χ0n) is 20.2. The fraction of sp³-hybridized carbons (Fsp3) is 0.519. The maximum Gasteiger partial charge on any atom is 0.240 e. The number of carbonyl (C=O) groups excluding carboxylic acids is 1. The minimum atomic E-state index is -0.225. The molecule has 33 heavy (non-hydrogen) atoms. The number of nitrogens with one attached hydrogen (secondary N) is 1. The van der Waals surface area contributed by atoms with E-state index in [4.69, 9.17) is 11.6 Å². The van der Waals surface area contributed by atoms with Gasteiger partial charge in [-0.25, -0.2) is 0 Å². The van der Waals surface area contributed by atoms with Gasteiger partial charge in [-0.05, 0) is 75.6 Å². The van der Waals surface area contributed by atoms with Gasteiger partial charge in [0.15, 0.2) is 0 Å². The van der Waals surface area contributed by atoms with Gasteiger partial charge in [-0.3, -0.25) is 9.69 Å². The first kappa shape index (κ1) is 24.2. The zero-order valence-corrected chi connectivity index (χ0v) is 20.9. The molecule has 0 bridgehead atoms. The van der Waals surface area contributed by atoms with Gasteiger partial charge in [-0.15, -0.1) is 0 Å². The summed E-state index contributed by atoms with van der Waals surface area (Å²) >= 11 is 6.07. The van der Waals surface area contributed by atoms with Gasteiger partial charge in [0.25, 0.3) is 0 Å². The van der Waals surface area contributed by atoms with Gasteiger partial charge in [-0.1, -0.05) is 48.0 Å². The van der Waals surface area contributed by atoms with Gasteiger partial charge in [0.05, 0.1) is 6.04 Å². The Morgan fingerprint density at radius 3 is 2.48 bits per heavy atom. The van der Waals surface area contributed by atoms with Gasteiger partial charge in [0.1, 0.15) is 0 Å². The normalized spacial score (nSPS) is 19.0. The van der Waals surface area contributed by atoms with Crippen LogP contribution < -0.4 is 5.32 Å². The minimum Gasteiger partial charge on any atom is -0.341 e. The molecule has 4 rings (SSSR count). The molecule has 1 spiro atoms. The Morgan fingerprint density at radius 2 is 1.79 bits per heavy atom. The summed E-state index contributed by atoms with van der Waals surface area (Å²) in [5, 5.41) is 4.25. The molecule has 0 aliphatic carbocycles. The molecule has 0 saturated carbocycles. The lowest BCUT2D eigenvalue weighted by atomic mass is 9.74. The van der Waals surface area contributed by atoms with Gasteiger partial charge in [0, 0.05) is 43.3 Å². The first-order chi connectivity index (χ1) is 15.9. The molecule has 0 radical (unpaired) electrons. The summed E-state index contributed by atoms with van der Waals surface area (Å²) in [6.45, 7) is 4.35. The first-order valence-electron chi connectivity index (χ1n) is 12.1. The molecule has 0 aromatic heterocycles. The lowest BCUT2D eigenvalue weighted by Gasteiger charge is -2.51. The average Bonchev–Trinajstić information content (AvgIpc) is 2.82. The number of nitrogens with zero attached hydrogens (tertiary/aromatic N) is 3. The number of likely N-dealkylation sites (N-methyl/N-ethyl adjacent to an activating group) is 2. The molecule has 2 aliphatic rings. The van der Waals surface area contributed by atoms with Crippen LogP contribution in [0.2, 0.25) is 5.02 Å². The maximum atomic E-state index is 13.7. The largest absolute Gasteiger partial charge is 0.341 e. The summed E-state index contributed by atoms with van der Waals surface area (Å²) in [7, 11) is 6.36. The number of fused-ring (bicyclic) bond motifs is 2. The van der Waals surface area contributed by atoms with Crippen molar-refractivity contribution in [3.05, 3.63) is 70.2 Å². The number of benzene rings is 2. The van der Waals surface area contributed by atoms with Crippen molar-refractivity contribution in [3.8, 4) is 0 Å². The Bertz CT molecular complexity index is 937. The van der Waals surface area contributed by atoms with Crippen molar-refractivity contribution in [2.24, 2.45) is 0 Å². The molecule has 2 aliphatic heterocycles. The summed E-state index contributed by atoms with van der Waals surface area (Å²) in [5.74, 6) is 0.213. The molecule has 2 heterocycles. The Hall–Kier alpha value is -1.92. The highest BCUT2D eigenvalue weighted by molar-refractivity contribution is 6.30. The highest BCUT2D eigenvalue weighted by Gasteiger charge is 2.44. The Kier molecular flexibility index (Phi) is 7.75.